The van der Waals surface area contributed by atoms with Crippen LogP contribution in [0.1, 0.15) is 31.2 Å². The van der Waals surface area contributed by atoms with Gasteiger partial charge in [0, 0.05) is 18.5 Å². The predicted octanol–water partition coefficient (Wildman–Crippen LogP) is 3.33. The number of aromatic nitrogens is 2. The quantitative estimate of drug-likeness (QED) is 0.835. The molecule has 0 amide bonds. The van der Waals surface area contributed by atoms with Crippen molar-refractivity contribution >= 4 is 33.5 Å². The lowest BCUT2D eigenvalue weighted by Gasteiger charge is -2.12. The molecule has 1 aromatic heterocycles. The molecule has 0 aliphatic heterocycles. The zero-order valence-electron chi connectivity index (χ0n) is 11.5. The summed E-state index contributed by atoms with van der Waals surface area (Å²) in [7, 11) is 0. The predicted molar refractivity (Wildman–Crippen MR) is 82.4 cm³/mol. The van der Waals surface area contributed by atoms with Gasteiger partial charge in [-0.15, -0.1) is 0 Å². The van der Waals surface area contributed by atoms with Crippen molar-refractivity contribution in [2.45, 2.75) is 26.5 Å². The van der Waals surface area contributed by atoms with Crippen molar-refractivity contribution in [3.05, 3.63) is 45.3 Å². The monoisotopic (exact) mass is 372 g/mol. The highest BCUT2D eigenvalue weighted by atomic mass is 79.9. The zero-order chi connectivity index (χ0) is 15.6. The maximum atomic E-state index is 11.3. The summed E-state index contributed by atoms with van der Waals surface area (Å²) in [6.07, 6.45) is -1.01. The number of rotatable bonds is 4. The maximum absolute atomic E-state index is 11.3. The van der Waals surface area contributed by atoms with Gasteiger partial charge in [-0.05, 0) is 40.5 Å². The Balaban J connectivity index is 2.46. The van der Waals surface area contributed by atoms with Gasteiger partial charge in [-0.1, -0.05) is 23.7 Å². The highest BCUT2D eigenvalue weighted by Gasteiger charge is 2.25. The Morgan fingerprint density at radius 1 is 1.48 bits per heavy atom. The lowest BCUT2D eigenvalue weighted by atomic mass is 10.1. The van der Waals surface area contributed by atoms with E-state index in [4.69, 9.17) is 16.3 Å². The van der Waals surface area contributed by atoms with Crippen molar-refractivity contribution < 1.29 is 14.6 Å². The summed E-state index contributed by atoms with van der Waals surface area (Å²) in [5.74, 6) is -0.235. The summed E-state index contributed by atoms with van der Waals surface area (Å²) < 4.78 is 7.35. The number of benzene rings is 1. The van der Waals surface area contributed by atoms with Gasteiger partial charge in [-0.2, -0.15) is 0 Å². The molecule has 0 fully saturated rings. The Hall–Kier alpha value is -1.37. The van der Waals surface area contributed by atoms with E-state index in [0.29, 0.717) is 21.9 Å². The van der Waals surface area contributed by atoms with Crippen LogP contribution in [0.2, 0.25) is 5.02 Å². The van der Waals surface area contributed by atoms with Crippen LogP contribution in [0, 0.1) is 0 Å². The number of halogens is 2. The molecule has 2 rings (SSSR count). The number of hydrogen-bond acceptors (Lipinski definition) is 4. The average molecular weight is 374 g/mol. The van der Waals surface area contributed by atoms with Crippen molar-refractivity contribution in [3.63, 3.8) is 0 Å². The Kier molecular flexibility index (Phi) is 5.03. The van der Waals surface area contributed by atoms with E-state index in [1.807, 2.05) is 6.92 Å². The molecule has 21 heavy (non-hydrogen) atoms. The van der Waals surface area contributed by atoms with Crippen LogP contribution in [0.5, 0.6) is 5.88 Å². The fraction of sp³-hybridized carbons (Fsp3) is 0.286. The van der Waals surface area contributed by atoms with Gasteiger partial charge in [-0.3, -0.25) is 9.36 Å². The molecule has 0 spiro atoms. The summed E-state index contributed by atoms with van der Waals surface area (Å²) >= 11 is 9.13. The second-order valence-corrected chi connectivity index (χ2v) is 5.51. The van der Waals surface area contributed by atoms with E-state index >= 15 is 0 Å². The van der Waals surface area contributed by atoms with Crippen molar-refractivity contribution in [2.75, 3.05) is 0 Å². The molecule has 0 bridgehead atoms. The van der Waals surface area contributed by atoms with Gasteiger partial charge in [0.1, 0.15) is 11.8 Å². The molecule has 0 radical (unpaired) electrons. The van der Waals surface area contributed by atoms with Crippen molar-refractivity contribution in [1.82, 2.24) is 9.55 Å². The number of nitrogens with zero attached hydrogens (tertiary/aromatic N) is 2. The van der Waals surface area contributed by atoms with Gasteiger partial charge in [0.15, 0.2) is 4.73 Å². The Morgan fingerprint density at radius 2 is 2.10 bits per heavy atom. The first-order valence-electron chi connectivity index (χ1n) is 6.32. The third-order valence-electron chi connectivity index (χ3n) is 2.90. The topological polar surface area (TPSA) is 64.3 Å². The zero-order valence-corrected chi connectivity index (χ0v) is 13.8. The normalized spacial score (nSPS) is 12.2. The number of esters is 1. The number of imidazole rings is 1. The molecular weight excluding hydrogens is 360 g/mol. The summed E-state index contributed by atoms with van der Waals surface area (Å²) in [6, 6.07) is 6.75. The Morgan fingerprint density at radius 3 is 2.62 bits per heavy atom. The molecule has 1 N–H and O–H groups in total. The molecule has 1 atom stereocenters. The van der Waals surface area contributed by atoms with Crippen LogP contribution in [0.15, 0.2) is 29.0 Å². The van der Waals surface area contributed by atoms with E-state index in [1.165, 1.54) is 6.92 Å². The highest BCUT2D eigenvalue weighted by molar-refractivity contribution is 9.10. The summed E-state index contributed by atoms with van der Waals surface area (Å²) in [5.41, 5.74) is 0.891. The number of ether oxygens (including phenoxy) is 1. The molecule has 5 nitrogen and oxygen atoms in total. The van der Waals surface area contributed by atoms with Gasteiger partial charge in [0.25, 0.3) is 0 Å². The number of carbonyl (C=O) groups excluding carboxylic acids is 1. The highest BCUT2D eigenvalue weighted by Crippen LogP contribution is 2.33. The fourth-order valence-electron chi connectivity index (χ4n) is 1.93. The van der Waals surface area contributed by atoms with Crippen molar-refractivity contribution in [3.8, 4) is 5.88 Å². The number of hydrogen-bond donors (Lipinski definition) is 1. The first kappa shape index (κ1) is 16.0. The molecular formula is C14H14BrClN2O3. The molecule has 1 aromatic carbocycles. The van der Waals surface area contributed by atoms with Crippen LogP contribution in [-0.2, 0) is 11.3 Å². The van der Waals surface area contributed by atoms with Gasteiger partial charge >= 0.3 is 5.97 Å². The first-order valence-corrected chi connectivity index (χ1v) is 7.49. The lowest BCUT2D eigenvalue weighted by molar-refractivity contribution is -0.132. The van der Waals surface area contributed by atoms with E-state index in [2.05, 4.69) is 20.9 Å². The van der Waals surface area contributed by atoms with E-state index < -0.39 is 12.1 Å². The van der Waals surface area contributed by atoms with E-state index in [0.717, 1.165) is 0 Å². The fourth-order valence-corrected chi connectivity index (χ4v) is 2.66. The van der Waals surface area contributed by atoms with Crippen LogP contribution >= 0.6 is 27.5 Å². The largest absolute Gasteiger partial charge is 0.407 e. The summed E-state index contributed by atoms with van der Waals surface area (Å²) in [5, 5.41) is 11.1. The third kappa shape index (κ3) is 3.45. The molecule has 0 saturated heterocycles. The van der Waals surface area contributed by atoms with Crippen LogP contribution < -0.4 is 4.74 Å². The third-order valence-corrected chi connectivity index (χ3v) is 3.76. The van der Waals surface area contributed by atoms with Gasteiger partial charge in [-0.25, -0.2) is 4.98 Å². The number of aliphatic hydroxyl groups is 1. The summed E-state index contributed by atoms with van der Waals surface area (Å²) in [6.45, 7) is 3.74. The second kappa shape index (κ2) is 6.60. The van der Waals surface area contributed by atoms with Crippen molar-refractivity contribution in [2.24, 2.45) is 0 Å². The summed E-state index contributed by atoms with van der Waals surface area (Å²) in [4.78, 5) is 15.5. The number of aliphatic hydroxyl groups excluding tert-OH is 1. The van der Waals surface area contributed by atoms with Crippen LogP contribution in [-0.4, -0.2) is 20.6 Å². The smallest absolute Gasteiger partial charge is 0.309 e. The maximum Gasteiger partial charge on any atom is 0.309 e. The Labute approximate surface area is 135 Å². The molecule has 0 saturated carbocycles. The Bertz CT molecular complexity index is 655. The second-order valence-electron chi connectivity index (χ2n) is 4.36. The standard InChI is InChI=1S/C14H14BrClN2O3/c1-3-18-13(21-8(2)19)11(17-14(18)15)12(20)9-4-6-10(16)7-5-9/h4-7,12,20H,3H2,1-2H3. The number of carbonyl (C=O) groups is 1. The molecule has 1 heterocycles. The van der Waals surface area contributed by atoms with Gasteiger partial charge < -0.3 is 9.84 Å². The van der Waals surface area contributed by atoms with Gasteiger partial charge in [0.2, 0.25) is 5.88 Å². The molecule has 1 unspecified atom stereocenters. The van der Waals surface area contributed by atoms with E-state index in [-0.39, 0.29) is 11.6 Å². The van der Waals surface area contributed by atoms with Gasteiger partial charge in [0.05, 0.1) is 0 Å². The van der Waals surface area contributed by atoms with E-state index in [1.54, 1.807) is 28.8 Å². The van der Waals surface area contributed by atoms with Crippen LogP contribution in [0.3, 0.4) is 0 Å². The molecule has 0 aliphatic rings. The SMILES string of the molecule is CCn1c(Br)nc(C(O)c2ccc(Cl)cc2)c1OC(C)=O. The van der Waals surface area contributed by atoms with Crippen LogP contribution in [0.25, 0.3) is 0 Å². The minimum Gasteiger partial charge on any atom is -0.407 e. The molecule has 112 valence electrons. The molecule has 7 heteroatoms. The van der Waals surface area contributed by atoms with Crippen molar-refractivity contribution in [1.29, 1.82) is 0 Å². The average Bonchev–Trinajstić information content (AvgIpc) is 2.74. The first-order chi connectivity index (χ1) is 9.93. The van der Waals surface area contributed by atoms with Crippen LogP contribution in [0.4, 0.5) is 0 Å². The lowest BCUT2D eigenvalue weighted by Crippen LogP contribution is -2.10. The molecule has 2 aromatic rings. The molecule has 0 aliphatic carbocycles. The minimum atomic E-state index is -1.01. The minimum absolute atomic E-state index is 0.235. The van der Waals surface area contributed by atoms with E-state index in [9.17, 15) is 9.90 Å².